The van der Waals surface area contributed by atoms with Crippen LogP contribution in [0.2, 0.25) is 0 Å². The maximum atomic E-state index is 12.0. The van der Waals surface area contributed by atoms with Gasteiger partial charge in [-0.2, -0.15) is 0 Å². The molecule has 0 unspecified atom stereocenters. The van der Waals surface area contributed by atoms with E-state index in [9.17, 15) is 9.59 Å². The number of carbonyl (C=O) groups is 2. The van der Waals surface area contributed by atoms with Crippen LogP contribution in [0.4, 0.5) is 11.4 Å². The molecule has 0 fully saturated rings. The summed E-state index contributed by atoms with van der Waals surface area (Å²) in [6.45, 7) is 4.74. The molecule has 0 spiro atoms. The van der Waals surface area contributed by atoms with Crippen molar-refractivity contribution in [2.45, 2.75) is 46.0 Å². The van der Waals surface area contributed by atoms with E-state index in [2.05, 4.69) is 12.2 Å². The van der Waals surface area contributed by atoms with Gasteiger partial charge in [0.25, 0.3) is 0 Å². The number of hydrogen-bond donors (Lipinski definition) is 1. The van der Waals surface area contributed by atoms with Gasteiger partial charge in [0, 0.05) is 30.8 Å². The van der Waals surface area contributed by atoms with Gasteiger partial charge in [-0.15, -0.1) is 0 Å². The van der Waals surface area contributed by atoms with Crippen LogP contribution in [-0.4, -0.2) is 18.4 Å². The van der Waals surface area contributed by atoms with Crippen LogP contribution in [0.25, 0.3) is 0 Å². The molecule has 0 radical (unpaired) electrons. The number of fused-ring (bicyclic) bond motifs is 1. The quantitative estimate of drug-likeness (QED) is 0.897. The lowest BCUT2D eigenvalue weighted by Crippen LogP contribution is -2.35. The number of aryl methyl sites for hydroxylation is 1. The molecule has 0 atom stereocenters. The average molecular weight is 274 g/mol. The molecule has 0 saturated carbocycles. The first-order valence-electron chi connectivity index (χ1n) is 7.38. The molecule has 2 rings (SSSR count). The second kappa shape index (κ2) is 6.55. The lowest BCUT2D eigenvalue weighted by atomic mass is 10.00. The van der Waals surface area contributed by atoms with Gasteiger partial charge in [-0.05, 0) is 36.6 Å². The Morgan fingerprint density at radius 1 is 1.30 bits per heavy atom. The van der Waals surface area contributed by atoms with E-state index in [0.29, 0.717) is 12.8 Å². The Kier molecular flexibility index (Phi) is 4.77. The number of amides is 2. The number of carbonyl (C=O) groups excluding carboxylic acids is 2. The van der Waals surface area contributed by atoms with E-state index in [-0.39, 0.29) is 11.8 Å². The van der Waals surface area contributed by atoms with Crippen LogP contribution in [0.15, 0.2) is 18.2 Å². The molecule has 1 aliphatic rings. The molecule has 2 amide bonds. The van der Waals surface area contributed by atoms with Crippen molar-refractivity contribution in [1.29, 1.82) is 0 Å². The molecule has 1 aliphatic heterocycles. The van der Waals surface area contributed by atoms with Crippen LogP contribution in [0.3, 0.4) is 0 Å². The summed E-state index contributed by atoms with van der Waals surface area (Å²) < 4.78 is 0. The second-order valence-corrected chi connectivity index (χ2v) is 5.14. The topological polar surface area (TPSA) is 49.4 Å². The Hall–Kier alpha value is -1.84. The Morgan fingerprint density at radius 2 is 2.10 bits per heavy atom. The summed E-state index contributed by atoms with van der Waals surface area (Å²) in [6, 6.07) is 5.82. The first-order valence-corrected chi connectivity index (χ1v) is 7.38. The molecule has 1 N–H and O–H groups in total. The van der Waals surface area contributed by atoms with Crippen molar-refractivity contribution in [1.82, 2.24) is 0 Å². The van der Waals surface area contributed by atoms with Gasteiger partial charge in [0.15, 0.2) is 0 Å². The number of anilines is 2. The van der Waals surface area contributed by atoms with Crippen LogP contribution in [0.5, 0.6) is 0 Å². The Morgan fingerprint density at radius 3 is 2.80 bits per heavy atom. The Balaban J connectivity index is 2.21. The Labute approximate surface area is 120 Å². The molecule has 0 aliphatic carbocycles. The number of nitrogens with one attached hydrogen (secondary N) is 1. The van der Waals surface area contributed by atoms with Crippen LogP contribution < -0.4 is 10.2 Å². The summed E-state index contributed by atoms with van der Waals surface area (Å²) in [4.78, 5) is 25.3. The van der Waals surface area contributed by atoms with Gasteiger partial charge in [-0.3, -0.25) is 9.59 Å². The zero-order chi connectivity index (χ0) is 14.5. The lowest BCUT2D eigenvalue weighted by Gasteiger charge is -2.29. The molecule has 0 bridgehead atoms. The molecule has 1 heterocycles. The summed E-state index contributed by atoms with van der Waals surface area (Å²) in [5.74, 6) is 0.218. The highest BCUT2D eigenvalue weighted by Gasteiger charge is 2.23. The molecule has 0 saturated heterocycles. The van der Waals surface area contributed by atoms with E-state index in [0.717, 1.165) is 42.7 Å². The normalized spacial score (nSPS) is 14.1. The zero-order valence-corrected chi connectivity index (χ0v) is 12.2. The first kappa shape index (κ1) is 14.6. The van der Waals surface area contributed by atoms with Crippen molar-refractivity contribution in [3.8, 4) is 0 Å². The van der Waals surface area contributed by atoms with Gasteiger partial charge in [0.1, 0.15) is 0 Å². The number of benzene rings is 1. The smallest absolute Gasteiger partial charge is 0.227 e. The fourth-order valence-electron chi connectivity index (χ4n) is 2.45. The minimum Gasteiger partial charge on any atom is -0.326 e. The molecular weight excluding hydrogens is 252 g/mol. The molecule has 4 nitrogen and oxygen atoms in total. The largest absolute Gasteiger partial charge is 0.326 e. The van der Waals surface area contributed by atoms with Crippen molar-refractivity contribution in [2.24, 2.45) is 0 Å². The van der Waals surface area contributed by atoms with Crippen molar-refractivity contribution < 1.29 is 9.59 Å². The van der Waals surface area contributed by atoms with Gasteiger partial charge >= 0.3 is 0 Å². The molecule has 1 aromatic carbocycles. The molecule has 108 valence electrons. The number of hydrogen-bond acceptors (Lipinski definition) is 2. The number of unbranched alkanes of at least 4 members (excludes halogenated alkanes) is 1. The molecule has 0 aromatic heterocycles. The monoisotopic (exact) mass is 274 g/mol. The van der Waals surface area contributed by atoms with Crippen molar-refractivity contribution in [2.75, 3.05) is 16.8 Å². The minimum absolute atomic E-state index is 0.0136. The third kappa shape index (κ3) is 3.18. The molecular formula is C16H22N2O2. The predicted octanol–water partition coefficient (Wildman–Crippen LogP) is 3.11. The van der Waals surface area contributed by atoms with E-state index < -0.39 is 0 Å². The molecule has 4 heteroatoms. The maximum absolute atomic E-state index is 12.0. The van der Waals surface area contributed by atoms with Crippen molar-refractivity contribution in [3.63, 3.8) is 0 Å². The van der Waals surface area contributed by atoms with Crippen LogP contribution in [0, 0.1) is 0 Å². The third-order valence-electron chi connectivity index (χ3n) is 3.62. The first-order chi connectivity index (χ1) is 9.65. The molecule has 1 aromatic rings. The van der Waals surface area contributed by atoms with E-state index in [1.165, 1.54) is 0 Å². The zero-order valence-electron chi connectivity index (χ0n) is 12.2. The van der Waals surface area contributed by atoms with Gasteiger partial charge < -0.3 is 10.2 Å². The predicted molar refractivity (Wildman–Crippen MR) is 80.9 cm³/mol. The summed E-state index contributed by atoms with van der Waals surface area (Å²) in [5.41, 5.74) is 2.97. The molecule has 20 heavy (non-hydrogen) atoms. The lowest BCUT2D eigenvalue weighted by molar-refractivity contribution is -0.119. The number of nitrogens with zero attached hydrogens (tertiary/aromatic N) is 1. The highest BCUT2D eigenvalue weighted by Crippen LogP contribution is 2.30. The van der Waals surface area contributed by atoms with E-state index in [1.54, 1.807) is 0 Å². The second-order valence-electron chi connectivity index (χ2n) is 5.14. The maximum Gasteiger partial charge on any atom is 0.227 e. The van der Waals surface area contributed by atoms with E-state index in [4.69, 9.17) is 0 Å². The summed E-state index contributed by atoms with van der Waals surface area (Å²) in [6.07, 6.45) is 3.87. The number of rotatable bonds is 5. The summed E-state index contributed by atoms with van der Waals surface area (Å²) >= 11 is 0. The third-order valence-corrected chi connectivity index (χ3v) is 3.62. The highest BCUT2D eigenvalue weighted by atomic mass is 16.2. The SMILES string of the molecule is CCCCN1C(=O)CCc2cc(NC(=O)CC)ccc21. The van der Waals surface area contributed by atoms with Crippen LogP contribution in [0.1, 0.15) is 45.1 Å². The van der Waals surface area contributed by atoms with E-state index >= 15 is 0 Å². The van der Waals surface area contributed by atoms with Crippen molar-refractivity contribution in [3.05, 3.63) is 23.8 Å². The van der Waals surface area contributed by atoms with Gasteiger partial charge in [0.2, 0.25) is 11.8 Å². The van der Waals surface area contributed by atoms with Gasteiger partial charge in [-0.25, -0.2) is 0 Å². The average Bonchev–Trinajstić information content (AvgIpc) is 2.46. The van der Waals surface area contributed by atoms with E-state index in [1.807, 2.05) is 30.0 Å². The summed E-state index contributed by atoms with van der Waals surface area (Å²) in [5, 5.41) is 2.87. The van der Waals surface area contributed by atoms with Gasteiger partial charge in [0.05, 0.1) is 0 Å². The highest BCUT2D eigenvalue weighted by molar-refractivity contribution is 5.97. The summed E-state index contributed by atoms with van der Waals surface area (Å²) in [7, 11) is 0. The van der Waals surface area contributed by atoms with Crippen molar-refractivity contribution >= 4 is 23.2 Å². The fraction of sp³-hybridized carbons (Fsp3) is 0.500. The standard InChI is InChI=1S/C16H22N2O2/c1-3-5-10-18-14-8-7-13(17-15(19)4-2)11-12(14)6-9-16(18)20/h7-8,11H,3-6,9-10H2,1-2H3,(H,17,19). The Bertz CT molecular complexity index is 511. The van der Waals surface area contributed by atoms with Gasteiger partial charge in [-0.1, -0.05) is 20.3 Å². The fourth-order valence-corrected chi connectivity index (χ4v) is 2.45. The minimum atomic E-state index is 0.0136. The van der Waals surface area contributed by atoms with Crippen LogP contribution in [-0.2, 0) is 16.0 Å². The van der Waals surface area contributed by atoms with Crippen LogP contribution >= 0.6 is 0 Å².